The van der Waals surface area contributed by atoms with Gasteiger partial charge in [-0.2, -0.15) is 0 Å². The van der Waals surface area contributed by atoms with Crippen molar-refractivity contribution in [1.29, 1.82) is 0 Å². The first-order valence-corrected chi connectivity index (χ1v) is 3.21. The van der Waals surface area contributed by atoms with Crippen LogP contribution in [0.15, 0.2) is 11.8 Å². The number of ketones is 1. The summed E-state index contributed by atoms with van der Waals surface area (Å²) in [6, 6.07) is 0. The van der Waals surface area contributed by atoms with Crippen molar-refractivity contribution in [3.05, 3.63) is 11.8 Å². The molecule has 0 spiro atoms. The second-order valence-electron chi connectivity index (χ2n) is 1.48. The van der Waals surface area contributed by atoms with E-state index in [4.69, 9.17) is 3.53 Å². The summed E-state index contributed by atoms with van der Waals surface area (Å²) < 4.78 is 4.76. The van der Waals surface area contributed by atoms with E-state index in [0.29, 0.717) is 5.76 Å². The van der Waals surface area contributed by atoms with Gasteiger partial charge in [-0.1, -0.05) is 0 Å². The second kappa shape index (κ2) is 3.80. The first-order chi connectivity index (χ1) is 3.66. The third-order valence-electron chi connectivity index (χ3n) is 0.592. The molecule has 0 saturated heterocycles. The molecular formula is C5H7GaO2. The Hall–Kier alpha value is -0.154. The predicted molar refractivity (Wildman–Crippen MR) is 31.3 cm³/mol. The molecule has 0 atom stereocenters. The summed E-state index contributed by atoms with van der Waals surface area (Å²) in [6.07, 6.45) is 1.46. The summed E-state index contributed by atoms with van der Waals surface area (Å²) >= 11 is 1.14. The maximum atomic E-state index is 10.3. The van der Waals surface area contributed by atoms with Crippen LogP contribution in [-0.2, 0) is 8.32 Å². The van der Waals surface area contributed by atoms with E-state index in [1.165, 1.54) is 13.0 Å². The third kappa shape index (κ3) is 4.02. The number of hydrogen-bond donors (Lipinski definition) is 0. The maximum absolute atomic E-state index is 10.3. The Morgan fingerprint density at radius 3 is 2.25 bits per heavy atom. The molecule has 0 amide bonds. The van der Waals surface area contributed by atoms with E-state index in [2.05, 4.69) is 0 Å². The summed E-state index contributed by atoms with van der Waals surface area (Å²) in [7, 11) is 0. The van der Waals surface area contributed by atoms with Gasteiger partial charge in [0.05, 0.1) is 0 Å². The molecule has 0 fully saturated rings. The molecule has 0 N–H and O–H groups in total. The van der Waals surface area contributed by atoms with Crippen LogP contribution in [-0.4, -0.2) is 24.7 Å². The predicted octanol–water partition coefficient (Wildman–Crippen LogP) is 0.579. The Morgan fingerprint density at radius 1 is 1.62 bits per heavy atom. The summed E-state index contributed by atoms with van der Waals surface area (Å²) in [5.41, 5.74) is 0. The average Bonchev–Trinajstić information content (AvgIpc) is 1.65. The van der Waals surface area contributed by atoms with Gasteiger partial charge in [-0.05, 0) is 0 Å². The van der Waals surface area contributed by atoms with Gasteiger partial charge in [0.25, 0.3) is 0 Å². The molecule has 0 aromatic carbocycles. The van der Waals surface area contributed by atoms with Gasteiger partial charge < -0.3 is 0 Å². The van der Waals surface area contributed by atoms with Gasteiger partial charge >= 0.3 is 58.8 Å². The first-order valence-electron chi connectivity index (χ1n) is 2.22. The van der Waals surface area contributed by atoms with Crippen LogP contribution in [0, 0.1) is 0 Å². The number of carbonyl (C=O) groups is 1. The normalized spacial score (nSPS) is 11.0. The number of allylic oxidation sites excluding steroid dienone is 2. The molecule has 0 rings (SSSR count). The van der Waals surface area contributed by atoms with E-state index in [0.717, 1.165) is 19.0 Å². The van der Waals surface area contributed by atoms with Crippen molar-refractivity contribution < 1.29 is 8.32 Å². The SMILES string of the molecule is CC(=O)/C=C(/C)[O][Ga]. The van der Waals surface area contributed by atoms with Crippen LogP contribution in [0.3, 0.4) is 0 Å². The first kappa shape index (κ1) is 7.85. The Labute approximate surface area is 59.2 Å². The van der Waals surface area contributed by atoms with Crippen LogP contribution < -0.4 is 0 Å². The molecule has 0 aromatic rings. The van der Waals surface area contributed by atoms with Crippen LogP contribution in [0.25, 0.3) is 0 Å². The van der Waals surface area contributed by atoms with E-state index in [1.807, 2.05) is 0 Å². The van der Waals surface area contributed by atoms with Crippen LogP contribution in [0.2, 0.25) is 0 Å². The molecule has 0 bridgehead atoms. The minimum absolute atomic E-state index is 0.0279. The topological polar surface area (TPSA) is 26.3 Å². The zero-order valence-corrected chi connectivity index (χ0v) is 7.39. The minimum atomic E-state index is 0.0279. The molecule has 0 aliphatic carbocycles. The zero-order valence-electron chi connectivity index (χ0n) is 4.97. The third-order valence-corrected chi connectivity index (χ3v) is 1.37. The molecule has 8 heavy (non-hydrogen) atoms. The monoisotopic (exact) mass is 168 g/mol. The van der Waals surface area contributed by atoms with Gasteiger partial charge in [0.1, 0.15) is 0 Å². The van der Waals surface area contributed by atoms with Crippen molar-refractivity contribution in [2.75, 3.05) is 0 Å². The molecular weight excluding hydrogens is 162 g/mol. The van der Waals surface area contributed by atoms with E-state index in [-0.39, 0.29) is 5.78 Å². The fraction of sp³-hybridized carbons (Fsp3) is 0.400. The van der Waals surface area contributed by atoms with E-state index in [1.54, 1.807) is 6.92 Å². The van der Waals surface area contributed by atoms with Crippen LogP contribution in [0.5, 0.6) is 0 Å². The quantitative estimate of drug-likeness (QED) is 0.343. The van der Waals surface area contributed by atoms with E-state index in [9.17, 15) is 4.79 Å². The Bertz CT molecular complexity index is 118. The molecule has 3 heteroatoms. The van der Waals surface area contributed by atoms with Crippen molar-refractivity contribution in [2.24, 2.45) is 0 Å². The van der Waals surface area contributed by atoms with Crippen molar-refractivity contribution in [1.82, 2.24) is 0 Å². The molecule has 0 aliphatic rings. The standard InChI is InChI=1S/C5H8O2.Ga/c1-4(6)3-5(2)7;/h3,6H,1-2H3;/q;+1/p-1/b4-3-;. The van der Waals surface area contributed by atoms with Crippen molar-refractivity contribution in [3.8, 4) is 0 Å². The van der Waals surface area contributed by atoms with Crippen molar-refractivity contribution in [3.63, 3.8) is 0 Å². The van der Waals surface area contributed by atoms with Gasteiger partial charge in [0.2, 0.25) is 0 Å². The molecule has 0 aliphatic heterocycles. The van der Waals surface area contributed by atoms with Crippen molar-refractivity contribution >= 4 is 24.7 Å². The average molecular weight is 169 g/mol. The van der Waals surface area contributed by atoms with Crippen molar-refractivity contribution in [2.45, 2.75) is 13.8 Å². The molecule has 2 radical (unpaired) electrons. The summed E-state index contributed by atoms with van der Waals surface area (Å²) in [4.78, 5) is 10.3. The Kier molecular flexibility index (Phi) is 3.73. The van der Waals surface area contributed by atoms with Gasteiger partial charge in [-0.15, -0.1) is 0 Å². The van der Waals surface area contributed by atoms with E-state index >= 15 is 0 Å². The van der Waals surface area contributed by atoms with Crippen LogP contribution >= 0.6 is 0 Å². The zero-order chi connectivity index (χ0) is 6.57. The Morgan fingerprint density at radius 2 is 2.12 bits per heavy atom. The molecule has 0 heterocycles. The summed E-state index contributed by atoms with van der Waals surface area (Å²) in [5.74, 6) is 0.706. The molecule has 0 saturated carbocycles. The molecule has 42 valence electrons. The van der Waals surface area contributed by atoms with Crippen LogP contribution in [0.4, 0.5) is 0 Å². The fourth-order valence-corrected chi connectivity index (χ4v) is 0.463. The number of rotatable bonds is 2. The summed E-state index contributed by atoms with van der Waals surface area (Å²) in [5, 5.41) is 0. The van der Waals surface area contributed by atoms with Crippen LogP contribution in [0.1, 0.15) is 13.8 Å². The molecule has 0 aromatic heterocycles. The fourth-order valence-electron chi connectivity index (χ4n) is 0.320. The van der Waals surface area contributed by atoms with Gasteiger partial charge in [-0.3, -0.25) is 0 Å². The Balaban J connectivity index is 3.75. The van der Waals surface area contributed by atoms with Gasteiger partial charge in [-0.25, -0.2) is 0 Å². The van der Waals surface area contributed by atoms with Gasteiger partial charge in [0, 0.05) is 0 Å². The molecule has 0 unspecified atom stereocenters. The van der Waals surface area contributed by atoms with Gasteiger partial charge in [0.15, 0.2) is 0 Å². The van der Waals surface area contributed by atoms with E-state index < -0.39 is 0 Å². The second-order valence-corrected chi connectivity index (χ2v) is 1.98. The number of carbonyl (C=O) groups excluding carboxylic acids is 1. The molecule has 2 nitrogen and oxygen atoms in total. The summed E-state index contributed by atoms with van der Waals surface area (Å²) in [6.45, 7) is 3.25. The number of hydrogen-bond acceptors (Lipinski definition) is 2.